The van der Waals surface area contributed by atoms with Crippen molar-refractivity contribution in [2.75, 3.05) is 11.9 Å². The van der Waals surface area contributed by atoms with E-state index in [4.69, 9.17) is 5.11 Å². The average molecular weight is 249 g/mol. The summed E-state index contributed by atoms with van der Waals surface area (Å²) in [4.78, 5) is 11.0. The van der Waals surface area contributed by atoms with Crippen molar-refractivity contribution in [3.8, 4) is 0 Å². The second-order valence-corrected chi connectivity index (χ2v) is 5.61. The molecule has 0 bridgehead atoms. The minimum Gasteiger partial charge on any atom is -0.481 e. The number of rotatable bonds is 6. The second kappa shape index (κ2) is 5.89. The predicted octanol–water partition coefficient (Wildman–Crippen LogP) is 3.72. The number of carbonyl (C=O) groups is 1. The lowest BCUT2D eigenvalue weighted by Gasteiger charge is -2.20. The van der Waals surface area contributed by atoms with E-state index in [1.54, 1.807) is 13.8 Å². The van der Waals surface area contributed by atoms with Crippen molar-refractivity contribution in [1.82, 2.24) is 0 Å². The van der Waals surface area contributed by atoms with E-state index in [0.717, 1.165) is 5.69 Å². The van der Waals surface area contributed by atoms with Crippen LogP contribution in [-0.4, -0.2) is 17.6 Å². The van der Waals surface area contributed by atoms with Gasteiger partial charge in [-0.1, -0.05) is 32.0 Å². The summed E-state index contributed by atoms with van der Waals surface area (Å²) in [5.74, 6) is -0.289. The number of aliphatic carboxylic acids is 1. The first-order valence-corrected chi connectivity index (χ1v) is 6.41. The van der Waals surface area contributed by atoms with Crippen LogP contribution < -0.4 is 5.32 Å². The topological polar surface area (TPSA) is 49.3 Å². The molecule has 1 rings (SSSR count). The van der Waals surface area contributed by atoms with Crippen molar-refractivity contribution in [2.45, 2.75) is 40.0 Å². The van der Waals surface area contributed by atoms with Gasteiger partial charge >= 0.3 is 5.97 Å². The number of hydrogen-bond acceptors (Lipinski definition) is 2. The molecule has 0 aromatic heterocycles. The van der Waals surface area contributed by atoms with Crippen LogP contribution in [0.4, 0.5) is 5.69 Å². The van der Waals surface area contributed by atoms with Crippen LogP contribution in [0, 0.1) is 5.41 Å². The Morgan fingerprint density at radius 2 is 1.94 bits per heavy atom. The van der Waals surface area contributed by atoms with Crippen LogP contribution in [0.3, 0.4) is 0 Å². The Labute approximate surface area is 109 Å². The summed E-state index contributed by atoms with van der Waals surface area (Å²) in [6.45, 7) is 8.49. The van der Waals surface area contributed by atoms with Crippen LogP contribution in [0.2, 0.25) is 0 Å². The summed E-state index contributed by atoms with van der Waals surface area (Å²) in [6.07, 6.45) is 0.606. The molecule has 0 aliphatic heterocycles. The van der Waals surface area contributed by atoms with Crippen molar-refractivity contribution in [3.63, 3.8) is 0 Å². The molecule has 0 saturated carbocycles. The second-order valence-electron chi connectivity index (χ2n) is 5.61. The molecule has 0 aliphatic rings. The van der Waals surface area contributed by atoms with Crippen LogP contribution in [0.1, 0.15) is 45.6 Å². The smallest absolute Gasteiger partial charge is 0.309 e. The molecule has 1 aromatic rings. The molecule has 0 atom stereocenters. The van der Waals surface area contributed by atoms with E-state index >= 15 is 0 Å². The third-order valence-electron chi connectivity index (χ3n) is 3.23. The Bertz CT molecular complexity index is 411. The highest BCUT2D eigenvalue weighted by Crippen LogP contribution is 2.25. The number of benzene rings is 1. The lowest BCUT2D eigenvalue weighted by molar-refractivity contribution is -0.147. The van der Waals surface area contributed by atoms with Gasteiger partial charge in [-0.25, -0.2) is 0 Å². The number of para-hydroxylation sites is 1. The molecular weight excluding hydrogens is 226 g/mol. The normalized spacial score (nSPS) is 11.6. The number of nitrogens with one attached hydrogen (secondary N) is 1. The lowest BCUT2D eigenvalue weighted by atomic mass is 9.89. The Hall–Kier alpha value is -1.51. The van der Waals surface area contributed by atoms with Crippen molar-refractivity contribution >= 4 is 11.7 Å². The molecule has 0 saturated heterocycles. The summed E-state index contributed by atoms with van der Waals surface area (Å²) in [5, 5.41) is 12.4. The first kappa shape index (κ1) is 14.6. The summed E-state index contributed by atoms with van der Waals surface area (Å²) in [5.41, 5.74) is 1.69. The highest BCUT2D eigenvalue weighted by Gasteiger charge is 2.26. The van der Waals surface area contributed by atoms with Gasteiger partial charge in [-0.2, -0.15) is 0 Å². The van der Waals surface area contributed by atoms with Crippen molar-refractivity contribution in [2.24, 2.45) is 5.41 Å². The fourth-order valence-corrected chi connectivity index (χ4v) is 1.78. The van der Waals surface area contributed by atoms with E-state index in [-0.39, 0.29) is 0 Å². The Morgan fingerprint density at radius 3 is 2.50 bits per heavy atom. The van der Waals surface area contributed by atoms with Crippen LogP contribution >= 0.6 is 0 Å². The van der Waals surface area contributed by atoms with E-state index in [0.29, 0.717) is 18.9 Å². The van der Waals surface area contributed by atoms with Gasteiger partial charge in [0.15, 0.2) is 0 Å². The van der Waals surface area contributed by atoms with Crippen molar-refractivity contribution in [3.05, 3.63) is 29.8 Å². The van der Waals surface area contributed by atoms with Gasteiger partial charge in [0.25, 0.3) is 0 Å². The quantitative estimate of drug-likeness (QED) is 0.807. The van der Waals surface area contributed by atoms with Gasteiger partial charge in [-0.3, -0.25) is 4.79 Å². The molecule has 0 heterocycles. The number of anilines is 1. The zero-order valence-electron chi connectivity index (χ0n) is 11.7. The standard InChI is InChI=1S/C15H23NO2/c1-11(2)12-7-5-6-8-13(12)16-10-9-15(3,4)14(17)18/h5-8,11,16H,9-10H2,1-4H3,(H,17,18). The van der Waals surface area contributed by atoms with Gasteiger partial charge in [-0.05, 0) is 37.8 Å². The first-order chi connectivity index (χ1) is 8.34. The van der Waals surface area contributed by atoms with Gasteiger partial charge in [0, 0.05) is 12.2 Å². The molecule has 18 heavy (non-hydrogen) atoms. The highest BCUT2D eigenvalue weighted by molar-refractivity contribution is 5.73. The van der Waals surface area contributed by atoms with Crippen LogP contribution in [0.15, 0.2) is 24.3 Å². The lowest BCUT2D eigenvalue weighted by Crippen LogP contribution is -2.26. The van der Waals surface area contributed by atoms with Gasteiger partial charge in [0.05, 0.1) is 5.41 Å². The molecule has 100 valence electrons. The van der Waals surface area contributed by atoms with Crippen LogP contribution in [0.5, 0.6) is 0 Å². The molecule has 0 fully saturated rings. The van der Waals surface area contributed by atoms with E-state index in [9.17, 15) is 4.79 Å². The predicted molar refractivity (Wildman–Crippen MR) is 75.1 cm³/mol. The summed E-state index contributed by atoms with van der Waals surface area (Å²) < 4.78 is 0. The Kier molecular flexibility index (Phi) is 4.76. The van der Waals surface area contributed by atoms with E-state index in [1.807, 2.05) is 18.2 Å². The third-order valence-corrected chi connectivity index (χ3v) is 3.23. The van der Waals surface area contributed by atoms with Crippen LogP contribution in [0.25, 0.3) is 0 Å². The van der Waals surface area contributed by atoms with Crippen molar-refractivity contribution < 1.29 is 9.90 Å². The number of carboxylic acids is 1. The highest BCUT2D eigenvalue weighted by atomic mass is 16.4. The molecule has 0 radical (unpaired) electrons. The largest absolute Gasteiger partial charge is 0.481 e. The Morgan fingerprint density at radius 1 is 1.33 bits per heavy atom. The SMILES string of the molecule is CC(C)c1ccccc1NCCC(C)(C)C(=O)O. The molecule has 0 amide bonds. The average Bonchev–Trinajstić information content (AvgIpc) is 2.29. The van der Waals surface area contributed by atoms with Gasteiger partial charge in [0.2, 0.25) is 0 Å². The van der Waals surface area contributed by atoms with E-state index < -0.39 is 11.4 Å². The molecule has 2 N–H and O–H groups in total. The maximum Gasteiger partial charge on any atom is 0.309 e. The molecular formula is C15H23NO2. The zero-order chi connectivity index (χ0) is 13.8. The minimum absolute atomic E-state index is 0.459. The molecule has 3 nitrogen and oxygen atoms in total. The summed E-state index contributed by atoms with van der Waals surface area (Å²) in [6, 6.07) is 8.18. The minimum atomic E-state index is -0.749. The summed E-state index contributed by atoms with van der Waals surface area (Å²) >= 11 is 0. The number of hydrogen-bond donors (Lipinski definition) is 2. The van der Waals surface area contributed by atoms with Crippen LogP contribution in [-0.2, 0) is 4.79 Å². The fourth-order valence-electron chi connectivity index (χ4n) is 1.78. The number of carboxylic acid groups (broad SMARTS) is 1. The first-order valence-electron chi connectivity index (χ1n) is 6.41. The molecule has 1 aromatic carbocycles. The maximum atomic E-state index is 11.0. The fraction of sp³-hybridized carbons (Fsp3) is 0.533. The van der Waals surface area contributed by atoms with Gasteiger partial charge in [0.1, 0.15) is 0 Å². The molecule has 3 heteroatoms. The Balaban J connectivity index is 2.62. The molecule has 0 unspecified atom stereocenters. The molecule has 0 aliphatic carbocycles. The van der Waals surface area contributed by atoms with Gasteiger partial charge < -0.3 is 10.4 Å². The monoisotopic (exact) mass is 249 g/mol. The molecule has 0 spiro atoms. The van der Waals surface area contributed by atoms with Gasteiger partial charge in [-0.15, -0.1) is 0 Å². The zero-order valence-corrected chi connectivity index (χ0v) is 11.7. The van der Waals surface area contributed by atoms with E-state index in [2.05, 4.69) is 25.2 Å². The summed E-state index contributed by atoms with van der Waals surface area (Å²) in [7, 11) is 0. The maximum absolute atomic E-state index is 11.0. The van der Waals surface area contributed by atoms with E-state index in [1.165, 1.54) is 5.56 Å². The van der Waals surface area contributed by atoms with Crippen molar-refractivity contribution in [1.29, 1.82) is 0 Å². The third kappa shape index (κ3) is 3.76.